The van der Waals surface area contributed by atoms with Crippen LogP contribution in [0.2, 0.25) is 0 Å². The maximum Gasteiger partial charge on any atom is 0.331 e. The summed E-state index contributed by atoms with van der Waals surface area (Å²) in [7, 11) is 1.65. The van der Waals surface area contributed by atoms with Gasteiger partial charge in [0.05, 0.1) is 39.3 Å². The molecule has 3 heterocycles. The van der Waals surface area contributed by atoms with Gasteiger partial charge in [-0.15, -0.1) is 0 Å². The Morgan fingerprint density at radius 1 is 1.00 bits per heavy atom. The van der Waals surface area contributed by atoms with E-state index in [1.165, 1.54) is 9.13 Å². The van der Waals surface area contributed by atoms with E-state index in [1.807, 2.05) is 32.9 Å². The monoisotopic (exact) mass is 571 g/mol. The predicted molar refractivity (Wildman–Crippen MR) is 159 cm³/mol. The van der Waals surface area contributed by atoms with Crippen LogP contribution in [-0.4, -0.2) is 55.1 Å². The van der Waals surface area contributed by atoms with Crippen molar-refractivity contribution < 1.29 is 9.59 Å². The molecule has 0 aliphatic carbocycles. The maximum atomic E-state index is 14.0. The minimum Gasteiger partial charge on any atom is -0.338 e. The minimum atomic E-state index is -0.398. The lowest BCUT2D eigenvalue weighted by molar-refractivity contribution is -0.107. The maximum absolute atomic E-state index is 14.0. The Hall–Kier alpha value is -4.92. The summed E-state index contributed by atoms with van der Waals surface area (Å²) in [5, 5.41) is 9.80. The average Bonchev–Trinajstić information content (AvgIpc) is 3.27. The summed E-state index contributed by atoms with van der Waals surface area (Å²) in [5.74, 6) is -0.358. The van der Waals surface area contributed by atoms with Gasteiger partial charge in [0.2, 0.25) is 6.41 Å². The first-order valence-corrected chi connectivity index (χ1v) is 14.0. The second-order valence-corrected chi connectivity index (χ2v) is 10.6. The fourth-order valence-corrected chi connectivity index (χ4v) is 6.04. The van der Waals surface area contributed by atoms with Crippen LogP contribution in [0.1, 0.15) is 48.7 Å². The molecule has 0 N–H and O–H groups in total. The van der Waals surface area contributed by atoms with Crippen LogP contribution in [0.15, 0.2) is 44.7 Å². The van der Waals surface area contributed by atoms with Gasteiger partial charge >= 0.3 is 11.4 Å². The number of carbonyl (C=O) groups excluding carboxylic acids is 2. The zero-order valence-corrected chi connectivity index (χ0v) is 24.2. The largest absolute Gasteiger partial charge is 0.338 e. The SMILES string of the molecule is CCn1c(=O)n(CC)c2cc(N(C=O)CC#N)c(C(=O)N3CCC(n4c(=O)c5cc(C)ccc5n(C)c4=O)CC3)cc21. The summed E-state index contributed by atoms with van der Waals surface area (Å²) in [5.41, 5.74) is 2.11. The van der Waals surface area contributed by atoms with Crippen molar-refractivity contribution in [2.75, 3.05) is 24.5 Å². The van der Waals surface area contributed by atoms with Crippen molar-refractivity contribution in [2.45, 2.75) is 52.7 Å². The van der Waals surface area contributed by atoms with Gasteiger partial charge < -0.3 is 9.80 Å². The van der Waals surface area contributed by atoms with Crippen molar-refractivity contribution in [3.8, 4) is 6.07 Å². The van der Waals surface area contributed by atoms with E-state index < -0.39 is 5.69 Å². The number of imidazole rings is 1. The first-order valence-electron chi connectivity index (χ1n) is 14.0. The van der Waals surface area contributed by atoms with Crippen LogP contribution >= 0.6 is 0 Å². The van der Waals surface area contributed by atoms with Crippen molar-refractivity contribution in [1.29, 1.82) is 5.26 Å². The van der Waals surface area contributed by atoms with Gasteiger partial charge in [0, 0.05) is 39.3 Å². The highest BCUT2D eigenvalue weighted by molar-refractivity contribution is 6.05. The zero-order chi connectivity index (χ0) is 30.3. The van der Waals surface area contributed by atoms with E-state index in [9.17, 15) is 29.2 Å². The van der Waals surface area contributed by atoms with Gasteiger partial charge in [0.25, 0.3) is 11.5 Å². The van der Waals surface area contributed by atoms with E-state index in [2.05, 4.69) is 0 Å². The molecule has 12 nitrogen and oxygen atoms in total. The Kier molecular flexibility index (Phi) is 7.60. The van der Waals surface area contributed by atoms with Crippen LogP contribution in [-0.2, 0) is 24.9 Å². The first kappa shape index (κ1) is 28.6. The summed E-state index contributed by atoms with van der Waals surface area (Å²) in [4.78, 5) is 68.4. The minimum absolute atomic E-state index is 0.202. The Bertz CT molecular complexity index is 1950. The van der Waals surface area contributed by atoms with Crippen LogP contribution in [0.25, 0.3) is 21.9 Å². The van der Waals surface area contributed by atoms with Crippen LogP contribution in [0.3, 0.4) is 0 Å². The topological polar surface area (TPSA) is 135 Å². The molecule has 0 radical (unpaired) electrons. The van der Waals surface area contributed by atoms with E-state index in [4.69, 9.17) is 0 Å². The Labute approximate surface area is 241 Å². The number of benzene rings is 2. The van der Waals surface area contributed by atoms with Gasteiger partial charge in [-0.1, -0.05) is 11.6 Å². The number of hydrogen-bond acceptors (Lipinski definition) is 6. The van der Waals surface area contributed by atoms with Crippen molar-refractivity contribution >= 4 is 39.9 Å². The molecule has 218 valence electrons. The Morgan fingerprint density at radius 3 is 2.24 bits per heavy atom. The number of amides is 2. The third-order valence-electron chi connectivity index (χ3n) is 8.25. The van der Waals surface area contributed by atoms with Gasteiger partial charge in [-0.25, -0.2) is 9.59 Å². The van der Waals surface area contributed by atoms with Crippen molar-refractivity contribution in [3.05, 3.63) is 72.8 Å². The summed E-state index contributed by atoms with van der Waals surface area (Å²) in [6.07, 6.45) is 1.27. The first-order chi connectivity index (χ1) is 20.2. The highest BCUT2D eigenvalue weighted by Gasteiger charge is 2.30. The number of aromatic nitrogens is 4. The van der Waals surface area contributed by atoms with E-state index in [0.29, 0.717) is 54.3 Å². The Balaban J connectivity index is 1.52. The second kappa shape index (κ2) is 11.2. The number of fused-ring (bicyclic) bond motifs is 2. The molecule has 2 aromatic carbocycles. The molecule has 2 aromatic heterocycles. The van der Waals surface area contributed by atoms with Crippen molar-refractivity contribution in [3.63, 3.8) is 0 Å². The van der Waals surface area contributed by atoms with Crippen molar-refractivity contribution in [1.82, 2.24) is 23.2 Å². The lowest BCUT2D eigenvalue weighted by Crippen LogP contribution is -2.46. The molecule has 1 aliphatic heterocycles. The second-order valence-electron chi connectivity index (χ2n) is 10.6. The molecule has 0 atom stereocenters. The molecular weight excluding hydrogens is 538 g/mol. The van der Waals surface area contributed by atoms with Gasteiger partial charge in [-0.05, 0) is 57.9 Å². The Morgan fingerprint density at radius 2 is 1.64 bits per heavy atom. The molecule has 12 heteroatoms. The quantitative estimate of drug-likeness (QED) is 0.246. The van der Waals surface area contributed by atoms with Crippen molar-refractivity contribution in [2.24, 2.45) is 7.05 Å². The summed E-state index contributed by atoms with van der Waals surface area (Å²) in [6, 6.07) is 10.2. The number of likely N-dealkylation sites (tertiary alicyclic amines) is 1. The normalized spacial score (nSPS) is 13.9. The molecule has 1 saturated heterocycles. The van der Waals surface area contributed by atoms with E-state index in [0.717, 1.165) is 10.5 Å². The van der Waals surface area contributed by atoms with Crippen LogP contribution < -0.4 is 21.8 Å². The molecule has 0 unspecified atom stereocenters. The number of nitriles is 1. The molecule has 2 amide bonds. The molecule has 1 fully saturated rings. The molecular formula is C30H33N7O5. The summed E-state index contributed by atoms with van der Waals surface area (Å²) in [6.45, 7) is 6.65. The zero-order valence-electron chi connectivity index (χ0n) is 24.2. The number of carbonyl (C=O) groups is 2. The molecule has 4 aromatic rings. The molecule has 1 aliphatic rings. The van der Waals surface area contributed by atoms with Crippen LogP contribution in [0.4, 0.5) is 5.69 Å². The van der Waals surface area contributed by atoms with E-state index in [-0.39, 0.29) is 54.1 Å². The summed E-state index contributed by atoms with van der Waals surface area (Å²) < 4.78 is 5.93. The fraction of sp³-hybridized carbons (Fsp3) is 0.400. The van der Waals surface area contributed by atoms with Gasteiger partial charge in [-0.2, -0.15) is 5.26 Å². The molecule has 0 bridgehead atoms. The lowest BCUT2D eigenvalue weighted by atomic mass is 10.0. The predicted octanol–water partition coefficient (Wildman–Crippen LogP) is 2.13. The lowest BCUT2D eigenvalue weighted by Gasteiger charge is -2.33. The number of nitrogens with zero attached hydrogens (tertiary/aromatic N) is 7. The number of piperidine rings is 1. The number of aryl methyl sites for hydroxylation is 4. The van der Waals surface area contributed by atoms with E-state index >= 15 is 0 Å². The summed E-state index contributed by atoms with van der Waals surface area (Å²) >= 11 is 0. The molecule has 42 heavy (non-hydrogen) atoms. The molecule has 5 rings (SSSR count). The van der Waals surface area contributed by atoms with E-state index in [1.54, 1.807) is 45.3 Å². The number of rotatable bonds is 7. The average molecular weight is 572 g/mol. The highest BCUT2D eigenvalue weighted by atomic mass is 16.2. The van der Waals surface area contributed by atoms with Crippen LogP contribution in [0, 0.1) is 18.3 Å². The fourth-order valence-electron chi connectivity index (χ4n) is 6.04. The van der Waals surface area contributed by atoms with Gasteiger partial charge in [-0.3, -0.25) is 32.7 Å². The van der Waals surface area contributed by atoms with Gasteiger partial charge in [0.15, 0.2) is 0 Å². The highest BCUT2D eigenvalue weighted by Crippen LogP contribution is 2.30. The number of anilines is 1. The standard InChI is InChI=1S/C30H33N7O5/c1-5-35-25-16-22(24(34(18-38)14-11-31)17-26(25)36(6-2)30(35)42)27(39)33-12-9-20(10-13-33)37-28(40)21-15-19(3)7-8-23(21)32(4)29(37)41/h7-8,15-18,20H,5-6,9-10,12-14H2,1-4H3. The van der Waals surface area contributed by atoms with Gasteiger partial charge in [0.1, 0.15) is 6.54 Å². The molecule has 0 spiro atoms. The third-order valence-corrected chi connectivity index (χ3v) is 8.25. The van der Waals surface area contributed by atoms with Crippen LogP contribution in [0.5, 0.6) is 0 Å². The number of hydrogen-bond donors (Lipinski definition) is 0. The smallest absolute Gasteiger partial charge is 0.331 e. The molecule has 0 saturated carbocycles. The third kappa shape index (κ3) is 4.51.